The lowest BCUT2D eigenvalue weighted by Gasteiger charge is -2.40. The maximum Gasteiger partial charge on any atom is 0.0965 e. The second-order valence-electron chi connectivity index (χ2n) is 5.35. The Morgan fingerprint density at radius 3 is 2.94 bits per heavy atom. The molecule has 17 heavy (non-hydrogen) atoms. The van der Waals surface area contributed by atoms with Crippen LogP contribution in [0.25, 0.3) is 0 Å². The quantitative estimate of drug-likeness (QED) is 0.801. The predicted octanol–water partition coefficient (Wildman–Crippen LogP) is 2.76. The van der Waals surface area contributed by atoms with Gasteiger partial charge in [-0.2, -0.15) is 5.26 Å². The fourth-order valence-electron chi connectivity index (χ4n) is 3.81. The van der Waals surface area contributed by atoms with Gasteiger partial charge in [0.25, 0.3) is 0 Å². The van der Waals surface area contributed by atoms with Crippen molar-refractivity contribution in [1.29, 1.82) is 5.26 Å². The van der Waals surface area contributed by atoms with Gasteiger partial charge >= 0.3 is 0 Å². The molecule has 1 N–H and O–H groups in total. The zero-order valence-electron chi connectivity index (χ0n) is 9.89. The van der Waals surface area contributed by atoms with Gasteiger partial charge in [0.15, 0.2) is 0 Å². The Morgan fingerprint density at radius 2 is 2.12 bits per heavy atom. The Balaban J connectivity index is 2.09. The molecule has 0 aliphatic heterocycles. The summed E-state index contributed by atoms with van der Waals surface area (Å²) in [7, 11) is 0. The van der Waals surface area contributed by atoms with E-state index in [1.807, 2.05) is 12.1 Å². The number of nitrogens with zero attached hydrogens (tertiary/aromatic N) is 1. The van der Waals surface area contributed by atoms with E-state index < -0.39 is 5.60 Å². The van der Waals surface area contributed by atoms with Gasteiger partial charge in [0.2, 0.25) is 0 Å². The van der Waals surface area contributed by atoms with Crippen molar-refractivity contribution in [2.45, 2.75) is 37.7 Å². The third kappa shape index (κ3) is 1.42. The maximum absolute atomic E-state index is 11.1. The van der Waals surface area contributed by atoms with Crippen LogP contribution in [0.15, 0.2) is 24.3 Å². The van der Waals surface area contributed by atoms with Gasteiger partial charge in [-0.05, 0) is 42.7 Å². The van der Waals surface area contributed by atoms with E-state index in [1.54, 1.807) is 0 Å². The fraction of sp³-hybridized carbons (Fsp3) is 0.533. The standard InChI is InChI=1S/C15H17NO/c16-10-9-13-8-7-12-6-5-11-3-1-2-4-14(11)15(12,13)17/h1-4,12-13,17H,5-9H2/t12-,13?,15+/m0/s1. The van der Waals surface area contributed by atoms with Crippen molar-refractivity contribution < 1.29 is 5.11 Å². The number of hydrogen-bond donors (Lipinski definition) is 1. The number of aliphatic hydroxyl groups is 1. The molecule has 2 aliphatic carbocycles. The lowest BCUT2D eigenvalue weighted by Crippen LogP contribution is -2.40. The summed E-state index contributed by atoms with van der Waals surface area (Å²) in [5.74, 6) is 0.481. The highest BCUT2D eigenvalue weighted by atomic mass is 16.3. The van der Waals surface area contributed by atoms with Gasteiger partial charge in [-0.15, -0.1) is 0 Å². The molecule has 0 aromatic heterocycles. The van der Waals surface area contributed by atoms with Crippen LogP contribution in [0.3, 0.4) is 0 Å². The molecular formula is C15H17NO. The maximum atomic E-state index is 11.1. The third-order valence-electron chi connectivity index (χ3n) is 4.66. The fourth-order valence-corrected chi connectivity index (χ4v) is 3.81. The van der Waals surface area contributed by atoms with E-state index in [-0.39, 0.29) is 5.92 Å². The lowest BCUT2D eigenvalue weighted by atomic mass is 9.69. The minimum absolute atomic E-state index is 0.124. The first-order valence-electron chi connectivity index (χ1n) is 6.44. The van der Waals surface area contributed by atoms with E-state index in [2.05, 4.69) is 18.2 Å². The van der Waals surface area contributed by atoms with E-state index >= 15 is 0 Å². The first-order valence-corrected chi connectivity index (χ1v) is 6.44. The van der Waals surface area contributed by atoms with Gasteiger partial charge in [0, 0.05) is 12.3 Å². The highest BCUT2D eigenvalue weighted by Gasteiger charge is 2.52. The molecule has 88 valence electrons. The van der Waals surface area contributed by atoms with Crippen molar-refractivity contribution in [2.75, 3.05) is 0 Å². The Kier molecular flexibility index (Phi) is 2.45. The number of aryl methyl sites for hydroxylation is 1. The van der Waals surface area contributed by atoms with Crippen LogP contribution in [0.2, 0.25) is 0 Å². The monoisotopic (exact) mass is 227 g/mol. The minimum Gasteiger partial charge on any atom is -0.385 e. The summed E-state index contributed by atoms with van der Waals surface area (Å²) in [5, 5.41) is 20.0. The smallest absolute Gasteiger partial charge is 0.0965 e. The average Bonchev–Trinajstić information content (AvgIpc) is 2.68. The number of fused-ring (bicyclic) bond motifs is 3. The highest BCUT2D eigenvalue weighted by molar-refractivity contribution is 5.37. The number of benzene rings is 1. The lowest BCUT2D eigenvalue weighted by molar-refractivity contribution is -0.0504. The summed E-state index contributed by atoms with van der Waals surface area (Å²) in [4.78, 5) is 0. The zero-order chi connectivity index (χ0) is 11.9. The van der Waals surface area contributed by atoms with Crippen molar-refractivity contribution >= 4 is 0 Å². The van der Waals surface area contributed by atoms with Gasteiger partial charge in [0.05, 0.1) is 11.7 Å². The molecule has 2 aliphatic rings. The molecule has 2 nitrogen and oxygen atoms in total. The SMILES string of the molecule is N#CCC1CC[C@@H]2CCc3ccccc3[C@]12O. The Bertz CT molecular complexity index is 476. The highest BCUT2D eigenvalue weighted by Crippen LogP contribution is 2.54. The summed E-state index contributed by atoms with van der Waals surface area (Å²) in [6, 6.07) is 10.4. The van der Waals surface area contributed by atoms with Crippen LogP contribution in [-0.2, 0) is 12.0 Å². The molecule has 3 rings (SSSR count). The van der Waals surface area contributed by atoms with Gasteiger partial charge in [-0.25, -0.2) is 0 Å². The normalized spacial score (nSPS) is 34.8. The number of rotatable bonds is 1. The molecule has 1 aromatic rings. The molecule has 0 radical (unpaired) electrons. The van der Waals surface area contributed by atoms with E-state index in [9.17, 15) is 5.11 Å². The largest absolute Gasteiger partial charge is 0.385 e. The number of nitriles is 1. The van der Waals surface area contributed by atoms with Crippen molar-refractivity contribution in [1.82, 2.24) is 0 Å². The molecule has 2 heteroatoms. The second kappa shape index (κ2) is 3.85. The molecule has 0 saturated heterocycles. The van der Waals surface area contributed by atoms with Gasteiger partial charge in [0.1, 0.15) is 0 Å². The van der Waals surface area contributed by atoms with E-state index in [0.717, 1.165) is 31.2 Å². The van der Waals surface area contributed by atoms with Gasteiger partial charge in [-0.3, -0.25) is 0 Å². The van der Waals surface area contributed by atoms with Crippen molar-refractivity contribution in [2.24, 2.45) is 11.8 Å². The van der Waals surface area contributed by atoms with Crippen LogP contribution in [-0.4, -0.2) is 5.11 Å². The van der Waals surface area contributed by atoms with Crippen LogP contribution in [0.5, 0.6) is 0 Å². The second-order valence-corrected chi connectivity index (χ2v) is 5.35. The molecular weight excluding hydrogens is 210 g/mol. The Labute approximate surface area is 102 Å². The summed E-state index contributed by atoms with van der Waals surface area (Å²) in [5.41, 5.74) is 1.63. The molecule has 1 fully saturated rings. The van der Waals surface area contributed by atoms with Crippen LogP contribution in [0.4, 0.5) is 0 Å². The minimum atomic E-state index is -0.732. The van der Waals surface area contributed by atoms with Crippen molar-refractivity contribution in [3.8, 4) is 6.07 Å². The van der Waals surface area contributed by atoms with Gasteiger partial charge < -0.3 is 5.11 Å². The van der Waals surface area contributed by atoms with Crippen LogP contribution < -0.4 is 0 Å². The van der Waals surface area contributed by atoms with Gasteiger partial charge in [-0.1, -0.05) is 24.3 Å². The summed E-state index contributed by atoms with van der Waals surface area (Å²) < 4.78 is 0. The molecule has 0 heterocycles. The predicted molar refractivity (Wildman–Crippen MR) is 65.1 cm³/mol. The molecule has 1 unspecified atom stereocenters. The topological polar surface area (TPSA) is 44.0 Å². The zero-order valence-corrected chi connectivity index (χ0v) is 9.89. The Morgan fingerprint density at radius 1 is 1.29 bits per heavy atom. The third-order valence-corrected chi connectivity index (χ3v) is 4.66. The molecule has 3 atom stereocenters. The molecule has 0 bridgehead atoms. The summed E-state index contributed by atoms with van der Waals surface area (Å²) >= 11 is 0. The Hall–Kier alpha value is -1.33. The average molecular weight is 227 g/mol. The van der Waals surface area contributed by atoms with Crippen LogP contribution >= 0.6 is 0 Å². The first-order chi connectivity index (χ1) is 8.26. The molecule has 1 aromatic carbocycles. The van der Waals surface area contributed by atoms with Crippen molar-refractivity contribution in [3.63, 3.8) is 0 Å². The van der Waals surface area contributed by atoms with E-state index in [0.29, 0.717) is 12.3 Å². The summed E-state index contributed by atoms with van der Waals surface area (Å²) in [6.07, 6.45) is 4.67. The first kappa shape index (κ1) is 10.8. The number of hydrogen-bond acceptors (Lipinski definition) is 2. The molecule has 0 amide bonds. The van der Waals surface area contributed by atoms with Crippen LogP contribution in [0.1, 0.15) is 36.8 Å². The summed E-state index contributed by atoms with van der Waals surface area (Å²) in [6.45, 7) is 0. The van der Waals surface area contributed by atoms with E-state index in [1.165, 1.54) is 5.56 Å². The van der Waals surface area contributed by atoms with E-state index in [4.69, 9.17) is 5.26 Å². The van der Waals surface area contributed by atoms with Crippen molar-refractivity contribution in [3.05, 3.63) is 35.4 Å². The van der Waals surface area contributed by atoms with Crippen LogP contribution in [0, 0.1) is 23.2 Å². The molecule has 1 saturated carbocycles. The molecule has 0 spiro atoms.